The van der Waals surface area contributed by atoms with Crippen LogP contribution >= 0.6 is 11.8 Å². The van der Waals surface area contributed by atoms with Gasteiger partial charge >= 0.3 is 0 Å². The number of anilines is 1. The van der Waals surface area contributed by atoms with Crippen LogP contribution in [0.4, 0.5) is 15.8 Å². The minimum absolute atomic E-state index is 0.0449. The minimum atomic E-state index is -0.520. The van der Waals surface area contributed by atoms with Crippen molar-refractivity contribution in [3.63, 3.8) is 0 Å². The Morgan fingerprint density at radius 2 is 2.10 bits per heavy atom. The molecule has 2 aromatic carbocycles. The molecule has 0 radical (unpaired) electrons. The van der Waals surface area contributed by atoms with Crippen molar-refractivity contribution in [2.24, 2.45) is 0 Å². The van der Waals surface area contributed by atoms with E-state index in [9.17, 15) is 14.5 Å². The predicted molar refractivity (Wildman–Crippen MR) is 82.0 cm³/mol. The lowest BCUT2D eigenvalue weighted by molar-refractivity contribution is -0.384. The number of rotatable bonds is 3. The van der Waals surface area contributed by atoms with Gasteiger partial charge in [0, 0.05) is 23.6 Å². The third-order valence-electron chi connectivity index (χ3n) is 3.46. The molecule has 0 spiro atoms. The summed E-state index contributed by atoms with van der Waals surface area (Å²) in [7, 11) is 0. The Labute approximate surface area is 125 Å². The van der Waals surface area contributed by atoms with E-state index in [4.69, 9.17) is 0 Å². The molecule has 1 atom stereocenters. The van der Waals surface area contributed by atoms with E-state index in [1.807, 2.05) is 18.2 Å². The molecule has 0 amide bonds. The first-order valence-electron chi connectivity index (χ1n) is 6.51. The largest absolute Gasteiger partial charge is 0.375 e. The van der Waals surface area contributed by atoms with E-state index >= 15 is 0 Å². The number of nitrogens with zero attached hydrogens (tertiary/aromatic N) is 1. The van der Waals surface area contributed by atoms with Crippen molar-refractivity contribution >= 4 is 23.1 Å². The minimum Gasteiger partial charge on any atom is -0.375 e. The number of hydrogen-bond acceptors (Lipinski definition) is 4. The fourth-order valence-corrected chi connectivity index (χ4v) is 3.53. The van der Waals surface area contributed by atoms with E-state index in [1.54, 1.807) is 11.8 Å². The van der Waals surface area contributed by atoms with Gasteiger partial charge in [-0.25, -0.2) is 4.39 Å². The molecule has 6 heteroatoms. The van der Waals surface area contributed by atoms with Crippen molar-refractivity contribution in [1.82, 2.24) is 0 Å². The molecule has 0 saturated carbocycles. The standard InChI is InChI=1S/C15H13FN2O2S/c16-13-6-5-11(18(19)20)7-14(13)17-15-9-21-8-10-3-1-2-4-12(10)15/h1-7,15,17H,8-9H2. The van der Waals surface area contributed by atoms with E-state index in [0.717, 1.165) is 23.1 Å². The molecular weight excluding hydrogens is 291 g/mol. The monoisotopic (exact) mass is 304 g/mol. The summed E-state index contributed by atoms with van der Waals surface area (Å²) in [6, 6.07) is 11.5. The Balaban J connectivity index is 1.91. The molecule has 1 heterocycles. The topological polar surface area (TPSA) is 55.2 Å². The molecule has 1 N–H and O–H groups in total. The fourth-order valence-electron chi connectivity index (χ4n) is 2.43. The summed E-state index contributed by atoms with van der Waals surface area (Å²) in [4.78, 5) is 10.3. The quantitative estimate of drug-likeness (QED) is 0.684. The SMILES string of the molecule is O=[N+]([O-])c1ccc(F)c(NC2CSCc3ccccc32)c1. The number of thioether (sulfide) groups is 1. The smallest absolute Gasteiger partial charge is 0.271 e. The van der Waals surface area contributed by atoms with E-state index in [1.165, 1.54) is 17.7 Å². The molecular formula is C15H13FN2O2S. The molecule has 1 unspecified atom stereocenters. The summed E-state index contributed by atoms with van der Waals surface area (Å²) in [5.74, 6) is 1.26. The lowest BCUT2D eigenvalue weighted by Gasteiger charge is -2.27. The highest BCUT2D eigenvalue weighted by Crippen LogP contribution is 2.35. The first-order chi connectivity index (χ1) is 10.1. The van der Waals surface area contributed by atoms with Crippen LogP contribution < -0.4 is 5.32 Å². The lowest BCUT2D eigenvalue weighted by Crippen LogP contribution is -2.19. The summed E-state index contributed by atoms with van der Waals surface area (Å²) < 4.78 is 13.9. The highest BCUT2D eigenvalue weighted by atomic mass is 32.2. The Kier molecular flexibility index (Phi) is 3.79. The Bertz CT molecular complexity index is 693. The van der Waals surface area contributed by atoms with Crippen molar-refractivity contribution in [2.45, 2.75) is 11.8 Å². The van der Waals surface area contributed by atoms with Gasteiger partial charge in [0.25, 0.3) is 5.69 Å². The zero-order chi connectivity index (χ0) is 14.8. The number of halogens is 1. The van der Waals surface area contributed by atoms with Crippen LogP contribution in [0.25, 0.3) is 0 Å². The second-order valence-corrected chi connectivity index (χ2v) is 5.86. The first-order valence-corrected chi connectivity index (χ1v) is 7.66. The van der Waals surface area contributed by atoms with E-state index in [-0.39, 0.29) is 17.4 Å². The van der Waals surface area contributed by atoms with Gasteiger partial charge in [-0.15, -0.1) is 0 Å². The molecule has 0 aromatic heterocycles. The van der Waals surface area contributed by atoms with Gasteiger partial charge in [-0.3, -0.25) is 10.1 Å². The molecule has 0 bridgehead atoms. The molecule has 4 nitrogen and oxygen atoms in total. The van der Waals surface area contributed by atoms with Crippen molar-refractivity contribution < 1.29 is 9.31 Å². The molecule has 0 saturated heterocycles. The van der Waals surface area contributed by atoms with Gasteiger partial charge in [0.2, 0.25) is 0 Å². The van der Waals surface area contributed by atoms with Crippen molar-refractivity contribution in [1.29, 1.82) is 0 Å². The lowest BCUT2D eigenvalue weighted by atomic mass is 10.0. The number of hydrogen-bond donors (Lipinski definition) is 1. The third-order valence-corrected chi connectivity index (χ3v) is 4.55. The maximum Gasteiger partial charge on any atom is 0.271 e. The van der Waals surface area contributed by atoms with E-state index in [2.05, 4.69) is 11.4 Å². The van der Waals surface area contributed by atoms with Crippen LogP contribution in [0.3, 0.4) is 0 Å². The number of nitro groups is 1. The Morgan fingerprint density at radius 3 is 2.90 bits per heavy atom. The normalized spacial score (nSPS) is 17.1. The van der Waals surface area contributed by atoms with Crippen LogP contribution in [-0.2, 0) is 5.75 Å². The molecule has 0 fully saturated rings. The van der Waals surface area contributed by atoms with Crippen molar-refractivity contribution in [2.75, 3.05) is 11.1 Å². The van der Waals surface area contributed by atoms with Gasteiger partial charge in [0.05, 0.1) is 16.7 Å². The average molecular weight is 304 g/mol. The zero-order valence-corrected chi connectivity index (χ0v) is 11.9. The van der Waals surface area contributed by atoms with Crippen molar-refractivity contribution in [3.8, 4) is 0 Å². The predicted octanol–water partition coefficient (Wildman–Crippen LogP) is 4.13. The molecule has 108 valence electrons. The first kappa shape index (κ1) is 13.9. The summed E-state index contributed by atoms with van der Waals surface area (Å²) in [6.45, 7) is 0. The number of non-ortho nitro benzene ring substituents is 1. The second-order valence-electron chi connectivity index (χ2n) is 4.83. The summed E-state index contributed by atoms with van der Waals surface area (Å²) in [5, 5.41) is 13.9. The van der Waals surface area contributed by atoms with E-state index in [0.29, 0.717) is 0 Å². The maximum absolute atomic E-state index is 13.9. The summed E-state index contributed by atoms with van der Waals surface area (Å²) in [6.07, 6.45) is 0. The van der Waals surface area contributed by atoms with Crippen LogP contribution in [0, 0.1) is 15.9 Å². The molecule has 1 aliphatic rings. The molecule has 2 aromatic rings. The van der Waals surface area contributed by atoms with E-state index < -0.39 is 10.7 Å². The van der Waals surface area contributed by atoms with Gasteiger partial charge in [-0.1, -0.05) is 24.3 Å². The fraction of sp³-hybridized carbons (Fsp3) is 0.200. The van der Waals surface area contributed by atoms with Crippen LogP contribution in [0.5, 0.6) is 0 Å². The highest BCUT2D eigenvalue weighted by molar-refractivity contribution is 7.98. The molecule has 21 heavy (non-hydrogen) atoms. The molecule has 3 rings (SSSR count). The summed E-state index contributed by atoms with van der Waals surface area (Å²) >= 11 is 1.76. The zero-order valence-electron chi connectivity index (χ0n) is 11.1. The number of nitrogens with one attached hydrogen (secondary N) is 1. The van der Waals surface area contributed by atoms with Gasteiger partial charge in [-0.2, -0.15) is 11.8 Å². The highest BCUT2D eigenvalue weighted by Gasteiger charge is 2.21. The number of fused-ring (bicyclic) bond motifs is 1. The van der Waals surface area contributed by atoms with Gasteiger partial charge in [-0.05, 0) is 17.2 Å². The van der Waals surface area contributed by atoms with Crippen LogP contribution in [0.2, 0.25) is 0 Å². The van der Waals surface area contributed by atoms with Crippen LogP contribution in [0.1, 0.15) is 17.2 Å². The van der Waals surface area contributed by atoms with Crippen molar-refractivity contribution in [3.05, 3.63) is 69.5 Å². The Morgan fingerprint density at radius 1 is 1.29 bits per heavy atom. The van der Waals surface area contributed by atoms with Crippen LogP contribution in [-0.4, -0.2) is 10.7 Å². The molecule has 1 aliphatic heterocycles. The second kappa shape index (κ2) is 5.73. The third kappa shape index (κ3) is 2.85. The van der Waals surface area contributed by atoms with Gasteiger partial charge in [0.1, 0.15) is 5.82 Å². The van der Waals surface area contributed by atoms with Crippen LogP contribution in [0.15, 0.2) is 42.5 Å². The van der Waals surface area contributed by atoms with Gasteiger partial charge < -0.3 is 5.32 Å². The molecule has 0 aliphatic carbocycles. The Hall–Kier alpha value is -2.08. The number of benzene rings is 2. The average Bonchev–Trinajstić information content (AvgIpc) is 2.49. The van der Waals surface area contributed by atoms with Gasteiger partial charge in [0.15, 0.2) is 0 Å². The maximum atomic E-state index is 13.9. The number of nitro benzene ring substituents is 1. The summed E-state index contributed by atoms with van der Waals surface area (Å²) in [5.41, 5.74) is 2.40.